The first-order valence-electron chi connectivity index (χ1n) is 6.58. The molecule has 2 aliphatic rings. The van der Waals surface area contributed by atoms with Crippen molar-refractivity contribution in [1.29, 1.82) is 0 Å². The van der Waals surface area contributed by atoms with E-state index in [4.69, 9.17) is 4.84 Å². The maximum absolute atomic E-state index is 12.0. The van der Waals surface area contributed by atoms with Gasteiger partial charge in [-0.2, -0.15) is 0 Å². The summed E-state index contributed by atoms with van der Waals surface area (Å²) in [5.41, 5.74) is 0. The van der Waals surface area contributed by atoms with Crippen LogP contribution in [0.5, 0.6) is 0 Å². The van der Waals surface area contributed by atoms with Gasteiger partial charge < -0.3 is 10.0 Å². The van der Waals surface area contributed by atoms with E-state index in [0.717, 1.165) is 25.7 Å². The topological polar surface area (TPSA) is 70.1 Å². The lowest BCUT2D eigenvalue weighted by molar-refractivity contribution is -0.198. The number of hydrogen-bond donors (Lipinski definition) is 1. The Morgan fingerprint density at radius 2 is 2.06 bits per heavy atom. The summed E-state index contributed by atoms with van der Waals surface area (Å²) in [6.07, 6.45) is 3.08. The Labute approximate surface area is 106 Å². The minimum absolute atomic E-state index is 0.00981. The first-order valence-corrected chi connectivity index (χ1v) is 6.58. The summed E-state index contributed by atoms with van der Waals surface area (Å²) >= 11 is 0. The zero-order chi connectivity index (χ0) is 13.0. The molecule has 1 N–H and O–H groups in total. The third-order valence-electron chi connectivity index (χ3n) is 3.36. The predicted octanol–water partition coefficient (Wildman–Crippen LogP) is -0.0862. The highest BCUT2D eigenvalue weighted by atomic mass is 16.7. The molecule has 0 aromatic rings. The van der Waals surface area contributed by atoms with Gasteiger partial charge in [0.15, 0.2) is 0 Å². The summed E-state index contributed by atoms with van der Waals surface area (Å²) < 4.78 is 0. The fourth-order valence-electron chi connectivity index (χ4n) is 2.28. The average molecular weight is 256 g/mol. The molecule has 0 radical (unpaired) electrons. The number of rotatable bonds is 2. The molecule has 18 heavy (non-hydrogen) atoms. The van der Waals surface area contributed by atoms with Crippen LogP contribution in [0.2, 0.25) is 0 Å². The largest absolute Gasteiger partial charge is 0.383 e. The van der Waals surface area contributed by atoms with Gasteiger partial charge in [-0.25, -0.2) is 5.06 Å². The molecular weight excluding hydrogens is 236 g/mol. The Hall–Kier alpha value is -1.14. The molecule has 102 valence electrons. The molecule has 0 aromatic carbocycles. The lowest BCUT2D eigenvalue weighted by Crippen LogP contribution is -2.46. The molecule has 2 saturated heterocycles. The lowest BCUT2D eigenvalue weighted by Gasteiger charge is -2.29. The van der Waals surface area contributed by atoms with Gasteiger partial charge in [0, 0.05) is 13.1 Å². The summed E-state index contributed by atoms with van der Waals surface area (Å²) in [6.45, 7) is 1.69. The Morgan fingerprint density at radius 3 is 2.78 bits per heavy atom. The quantitative estimate of drug-likeness (QED) is 0.750. The maximum atomic E-state index is 12.0. The van der Waals surface area contributed by atoms with Gasteiger partial charge in [-0.15, -0.1) is 0 Å². The van der Waals surface area contributed by atoms with Crippen molar-refractivity contribution < 1.29 is 19.5 Å². The van der Waals surface area contributed by atoms with E-state index in [2.05, 4.69) is 0 Å². The van der Waals surface area contributed by atoms with E-state index in [9.17, 15) is 14.7 Å². The molecule has 2 fully saturated rings. The van der Waals surface area contributed by atoms with E-state index in [0.29, 0.717) is 26.1 Å². The standard InChI is InChI=1S/C12H20N2O4/c15-10-5-1-2-6-13(12(10)17)9-11(16)14-7-3-4-8-18-14/h10,15H,1-9H2. The van der Waals surface area contributed by atoms with Crippen LogP contribution in [0, 0.1) is 0 Å². The van der Waals surface area contributed by atoms with Crippen molar-refractivity contribution in [3.63, 3.8) is 0 Å². The Balaban J connectivity index is 1.90. The molecule has 2 amide bonds. The van der Waals surface area contributed by atoms with Crippen LogP contribution in [-0.2, 0) is 14.4 Å². The molecule has 2 aliphatic heterocycles. The summed E-state index contributed by atoms with van der Waals surface area (Å²) in [4.78, 5) is 30.5. The van der Waals surface area contributed by atoms with Crippen LogP contribution < -0.4 is 0 Å². The van der Waals surface area contributed by atoms with Crippen molar-refractivity contribution in [2.75, 3.05) is 26.2 Å². The van der Waals surface area contributed by atoms with Crippen molar-refractivity contribution in [2.24, 2.45) is 0 Å². The number of carbonyl (C=O) groups excluding carboxylic acids is 2. The van der Waals surface area contributed by atoms with Gasteiger partial charge in [0.1, 0.15) is 12.6 Å². The minimum Gasteiger partial charge on any atom is -0.383 e. The molecule has 2 heterocycles. The van der Waals surface area contributed by atoms with E-state index in [1.54, 1.807) is 0 Å². The van der Waals surface area contributed by atoms with Crippen LogP contribution in [-0.4, -0.2) is 59.2 Å². The van der Waals surface area contributed by atoms with E-state index in [1.165, 1.54) is 9.96 Å². The molecule has 0 aliphatic carbocycles. The van der Waals surface area contributed by atoms with Crippen molar-refractivity contribution in [1.82, 2.24) is 9.96 Å². The van der Waals surface area contributed by atoms with Crippen LogP contribution in [0.1, 0.15) is 32.1 Å². The summed E-state index contributed by atoms with van der Waals surface area (Å²) in [7, 11) is 0. The van der Waals surface area contributed by atoms with Crippen molar-refractivity contribution in [3.8, 4) is 0 Å². The van der Waals surface area contributed by atoms with Gasteiger partial charge in [-0.05, 0) is 32.1 Å². The summed E-state index contributed by atoms with van der Waals surface area (Å²) in [5.74, 6) is -0.532. The van der Waals surface area contributed by atoms with Gasteiger partial charge in [0.2, 0.25) is 0 Å². The monoisotopic (exact) mass is 256 g/mol. The Morgan fingerprint density at radius 1 is 1.28 bits per heavy atom. The number of hydrogen-bond acceptors (Lipinski definition) is 4. The van der Waals surface area contributed by atoms with E-state index in [1.807, 2.05) is 0 Å². The van der Waals surface area contributed by atoms with Gasteiger partial charge in [-0.3, -0.25) is 14.4 Å². The Bertz CT molecular complexity index is 315. The Kier molecular flexibility index (Phi) is 4.54. The first-order chi connectivity index (χ1) is 8.68. The van der Waals surface area contributed by atoms with Crippen LogP contribution in [0.3, 0.4) is 0 Å². The van der Waals surface area contributed by atoms with Crippen molar-refractivity contribution in [3.05, 3.63) is 0 Å². The predicted molar refractivity (Wildman–Crippen MR) is 63.3 cm³/mol. The molecule has 1 unspecified atom stereocenters. The number of carbonyl (C=O) groups is 2. The molecule has 1 atom stereocenters. The van der Waals surface area contributed by atoms with Crippen LogP contribution in [0.15, 0.2) is 0 Å². The van der Waals surface area contributed by atoms with Crippen LogP contribution in [0.25, 0.3) is 0 Å². The van der Waals surface area contributed by atoms with E-state index < -0.39 is 6.10 Å². The molecule has 0 bridgehead atoms. The third kappa shape index (κ3) is 3.20. The van der Waals surface area contributed by atoms with Crippen LogP contribution >= 0.6 is 0 Å². The van der Waals surface area contributed by atoms with Gasteiger partial charge in [0.25, 0.3) is 11.8 Å². The normalized spacial score (nSPS) is 26.1. The fraction of sp³-hybridized carbons (Fsp3) is 0.833. The molecule has 6 heteroatoms. The maximum Gasteiger partial charge on any atom is 0.265 e. The van der Waals surface area contributed by atoms with Crippen LogP contribution in [0.4, 0.5) is 0 Å². The summed E-state index contributed by atoms with van der Waals surface area (Å²) in [6, 6.07) is 0. The van der Waals surface area contributed by atoms with Gasteiger partial charge >= 0.3 is 0 Å². The number of aliphatic hydroxyl groups excluding tert-OH is 1. The van der Waals surface area contributed by atoms with E-state index in [-0.39, 0.29) is 18.4 Å². The average Bonchev–Trinajstić information content (AvgIpc) is 2.55. The number of likely N-dealkylation sites (tertiary alicyclic amines) is 1. The van der Waals surface area contributed by atoms with E-state index >= 15 is 0 Å². The summed E-state index contributed by atoms with van der Waals surface area (Å²) in [5, 5.41) is 10.9. The molecular formula is C12H20N2O4. The van der Waals surface area contributed by atoms with Crippen molar-refractivity contribution >= 4 is 11.8 Å². The van der Waals surface area contributed by atoms with Gasteiger partial charge in [-0.1, -0.05) is 0 Å². The number of hydroxylamine groups is 2. The second kappa shape index (κ2) is 6.15. The fourth-order valence-corrected chi connectivity index (χ4v) is 2.28. The molecule has 0 saturated carbocycles. The molecule has 0 spiro atoms. The lowest BCUT2D eigenvalue weighted by atomic mass is 10.2. The molecule has 0 aromatic heterocycles. The number of aliphatic hydroxyl groups is 1. The highest BCUT2D eigenvalue weighted by Gasteiger charge is 2.28. The zero-order valence-electron chi connectivity index (χ0n) is 10.5. The SMILES string of the molecule is O=C1C(O)CCCCN1CC(=O)N1CCCCO1. The van der Waals surface area contributed by atoms with Gasteiger partial charge in [0.05, 0.1) is 6.61 Å². The number of nitrogens with zero attached hydrogens (tertiary/aromatic N) is 2. The zero-order valence-corrected chi connectivity index (χ0v) is 10.5. The third-order valence-corrected chi connectivity index (χ3v) is 3.36. The molecule has 2 rings (SSSR count). The smallest absolute Gasteiger partial charge is 0.265 e. The second-order valence-electron chi connectivity index (χ2n) is 4.81. The van der Waals surface area contributed by atoms with Crippen molar-refractivity contribution in [2.45, 2.75) is 38.2 Å². The highest BCUT2D eigenvalue weighted by molar-refractivity contribution is 5.86. The first kappa shape index (κ1) is 13.3. The minimum atomic E-state index is -0.956. The molecule has 6 nitrogen and oxygen atoms in total. The highest BCUT2D eigenvalue weighted by Crippen LogP contribution is 2.13. The number of amides is 2. The second-order valence-corrected chi connectivity index (χ2v) is 4.81.